The van der Waals surface area contributed by atoms with Crippen LogP contribution in [0.3, 0.4) is 0 Å². The van der Waals surface area contributed by atoms with Gasteiger partial charge in [0.25, 0.3) is 5.91 Å². The second kappa shape index (κ2) is 3.46. The van der Waals surface area contributed by atoms with Gasteiger partial charge < -0.3 is 11.1 Å². The maximum absolute atomic E-state index is 11.8. The molecule has 4 N–H and O–H groups in total. The maximum atomic E-state index is 11.8. The van der Waals surface area contributed by atoms with Crippen LogP contribution in [0.25, 0.3) is 0 Å². The Bertz CT molecular complexity index is 299. The molecule has 1 heterocycles. The van der Waals surface area contributed by atoms with Gasteiger partial charge in [0, 0.05) is 0 Å². The predicted molar refractivity (Wildman–Crippen MR) is 51.3 cm³/mol. The number of carbonyl (C=O) groups is 2. The molecule has 1 aliphatic heterocycles. The van der Waals surface area contributed by atoms with Crippen molar-refractivity contribution in [2.24, 2.45) is 11.7 Å². The van der Waals surface area contributed by atoms with Gasteiger partial charge >= 0.3 is 0 Å². The van der Waals surface area contributed by atoms with Gasteiger partial charge in [-0.3, -0.25) is 14.4 Å². The van der Waals surface area contributed by atoms with E-state index in [1.54, 1.807) is 6.92 Å². The molecule has 0 bridgehead atoms. The summed E-state index contributed by atoms with van der Waals surface area (Å²) < 4.78 is 0. The molecule has 1 aliphatic carbocycles. The van der Waals surface area contributed by atoms with Crippen LogP contribution in [-0.4, -0.2) is 30.0 Å². The number of nitrogens with two attached hydrogens (primary N) is 1. The Labute approximate surface area is 87.5 Å². The van der Waals surface area contributed by atoms with E-state index in [0.29, 0.717) is 0 Å². The van der Waals surface area contributed by atoms with Crippen molar-refractivity contribution in [1.82, 2.24) is 10.8 Å². The third-order valence-corrected chi connectivity index (χ3v) is 2.96. The molecular formula is C9H15N3O3. The molecule has 84 valence electrons. The van der Waals surface area contributed by atoms with Gasteiger partial charge in [0.05, 0.1) is 5.54 Å². The molecule has 1 saturated carbocycles. The van der Waals surface area contributed by atoms with Gasteiger partial charge in [-0.1, -0.05) is 0 Å². The number of nitrogens with one attached hydrogen (secondary N) is 2. The van der Waals surface area contributed by atoms with Crippen molar-refractivity contribution in [3.05, 3.63) is 0 Å². The third-order valence-electron chi connectivity index (χ3n) is 2.96. The molecule has 2 amide bonds. The first-order valence-corrected chi connectivity index (χ1v) is 5.03. The van der Waals surface area contributed by atoms with E-state index < -0.39 is 11.6 Å². The Hall–Kier alpha value is -1.14. The Morgan fingerprint density at radius 1 is 1.67 bits per heavy atom. The molecule has 1 unspecified atom stereocenters. The predicted octanol–water partition coefficient (Wildman–Crippen LogP) is -1.34. The van der Waals surface area contributed by atoms with Crippen LogP contribution in [0.2, 0.25) is 0 Å². The molecule has 0 aromatic rings. The van der Waals surface area contributed by atoms with E-state index in [9.17, 15) is 9.59 Å². The van der Waals surface area contributed by atoms with Gasteiger partial charge in [-0.05, 0) is 25.7 Å². The van der Waals surface area contributed by atoms with Crippen LogP contribution in [-0.2, 0) is 14.4 Å². The molecular weight excluding hydrogens is 198 g/mol. The summed E-state index contributed by atoms with van der Waals surface area (Å²) in [5, 5.41) is 2.59. The van der Waals surface area contributed by atoms with E-state index in [0.717, 1.165) is 12.8 Å². The summed E-state index contributed by atoms with van der Waals surface area (Å²) in [6.07, 6.45) is 1.96. The summed E-state index contributed by atoms with van der Waals surface area (Å²) in [5.41, 5.74) is 7.21. The van der Waals surface area contributed by atoms with Gasteiger partial charge in [-0.25, -0.2) is 5.48 Å². The second-order valence-corrected chi connectivity index (χ2v) is 4.36. The minimum absolute atomic E-state index is 0.158. The van der Waals surface area contributed by atoms with Crippen molar-refractivity contribution in [2.75, 3.05) is 6.61 Å². The fourth-order valence-corrected chi connectivity index (χ4v) is 1.63. The van der Waals surface area contributed by atoms with Crippen molar-refractivity contribution in [3.8, 4) is 0 Å². The van der Waals surface area contributed by atoms with Gasteiger partial charge in [0.15, 0.2) is 0 Å². The first-order valence-electron chi connectivity index (χ1n) is 5.03. The minimum Gasteiger partial charge on any atom is -0.341 e. The number of hydroxylamine groups is 1. The van der Waals surface area contributed by atoms with Crippen LogP contribution >= 0.6 is 0 Å². The van der Waals surface area contributed by atoms with Crippen LogP contribution in [0.15, 0.2) is 0 Å². The first-order chi connectivity index (χ1) is 7.01. The van der Waals surface area contributed by atoms with E-state index in [1.165, 1.54) is 0 Å². The zero-order chi connectivity index (χ0) is 11.1. The molecule has 0 aromatic heterocycles. The number of hydrogen-bond acceptors (Lipinski definition) is 4. The summed E-state index contributed by atoms with van der Waals surface area (Å²) in [7, 11) is 0. The monoisotopic (exact) mass is 213 g/mol. The van der Waals surface area contributed by atoms with Crippen LogP contribution in [0, 0.1) is 5.92 Å². The summed E-state index contributed by atoms with van der Waals surface area (Å²) >= 11 is 0. The molecule has 1 saturated heterocycles. The fourth-order valence-electron chi connectivity index (χ4n) is 1.63. The zero-order valence-corrected chi connectivity index (χ0v) is 8.58. The lowest BCUT2D eigenvalue weighted by Crippen LogP contribution is -2.57. The quantitative estimate of drug-likeness (QED) is 0.541. The molecule has 2 aliphatic rings. The maximum Gasteiger partial charge on any atom is 0.268 e. The van der Waals surface area contributed by atoms with E-state index in [2.05, 4.69) is 10.8 Å². The number of amides is 2. The van der Waals surface area contributed by atoms with Crippen molar-refractivity contribution in [3.63, 3.8) is 0 Å². The Morgan fingerprint density at radius 2 is 2.33 bits per heavy atom. The van der Waals surface area contributed by atoms with Gasteiger partial charge in [-0.15, -0.1) is 0 Å². The SMILES string of the molecule is CC(N)(C(=O)N[C@@H]1CONC1=O)C1CC1. The summed E-state index contributed by atoms with van der Waals surface area (Å²) in [6.45, 7) is 1.86. The van der Waals surface area contributed by atoms with E-state index in [1.807, 2.05) is 0 Å². The fraction of sp³-hybridized carbons (Fsp3) is 0.778. The lowest BCUT2D eigenvalue weighted by molar-refractivity contribution is -0.131. The highest BCUT2D eigenvalue weighted by atomic mass is 16.7. The molecule has 15 heavy (non-hydrogen) atoms. The molecule has 0 spiro atoms. The molecule has 0 radical (unpaired) electrons. The summed E-state index contributed by atoms with van der Waals surface area (Å²) in [4.78, 5) is 27.6. The van der Waals surface area contributed by atoms with Gasteiger partial charge in [0.1, 0.15) is 12.6 Å². The Kier molecular flexibility index (Phi) is 2.40. The Morgan fingerprint density at radius 3 is 2.80 bits per heavy atom. The Balaban J connectivity index is 1.93. The number of hydrogen-bond donors (Lipinski definition) is 3. The largest absolute Gasteiger partial charge is 0.341 e. The number of rotatable bonds is 3. The minimum atomic E-state index is -0.872. The smallest absolute Gasteiger partial charge is 0.268 e. The highest BCUT2D eigenvalue weighted by molar-refractivity contribution is 5.92. The van der Waals surface area contributed by atoms with Crippen LogP contribution in [0.5, 0.6) is 0 Å². The van der Waals surface area contributed by atoms with Crippen LogP contribution in [0.1, 0.15) is 19.8 Å². The van der Waals surface area contributed by atoms with E-state index >= 15 is 0 Å². The lowest BCUT2D eigenvalue weighted by Gasteiger charge is -2.24. The lowest BCUT2D eigenvalue weighted by atomic mass is 9.96. The normalized spacial score (nSPS) is 29.5. The molecule has 2 atom stereocenters. The van der Waals surface area contributed by atoms with Crippen LogP contribution < -0.4 is 16.5 Å². The molecule has 2 fully saturated rings. The molecule has 6 nitrogen and oxygen atoms in total. The number of carbonyl (C=O) groups excluding carboxylic acids is 2. The van der Waals surface area contributed by atoms with Crippen LogP contribution in [0.4, 0.5) is 0 Å². The average Bonchev–Trinajstić information content (AvgIpc) is 2.94. The van der Waals surface area contributed by atoms with Crippen molar-refractivity contribution >= 4 is 11.8 Å². The molecule has 6 heteroatoms. The van der Waals surface area contributed by atoms with Crippen molar-refractivity contribution < 1.29 is 14.4 Å². The van der Waals surface area contributed by atoms with Crippen molar-refractivity contribution in [1.29, 1.82) is 0 Å². The first kappa shape index (κ1) is 10.4. The average molecular weight is 213 g/mol. The molecule has 2 rings (SSSR count). The summed E-state index contributed by atoms with van der Waals surface area (Å²) in [6, 6.07) is -0.612. The summed E-state index contributed by atoms with van der Waals surface area (Å²) in [5.74, 6) is -0.367. The van der Waals surface area contributed by atoms with Crippen molar-refractivity contribution in [2.45, 2.75) is 31.3 Å². The topological polar surface area (TPSA) is 93.5 Å². The van der Waals surface area contributed by atoms with E-state index in [-0.39, 0.29) is 24.3 Å². The third kappa shape index (κ3) is 1.95. The highest BCUT2D eigenvalue weighted by Gasteiger charge is 2.45. The van der Waals surface area contributed by atoms with Gasteiger partial charge in [-0.2, -0.15) is 0 Å². The zero-order valence-electron chi connectivity index (χ0n) is 8.58. The van der Waals surface area contributed by atoms with Gasteiger partial charge in [0.2, 0.25) is 5.91 Å². The second-order valence-electron chi connectivity index (χ2n) is 4.36. The highest BCUT2D eigenvalue weighted by Crippen LogP contribution is 2.38. The van der Waals surface area contributed by atoms with E-state index in [4.69, 9.17) is 10.6 Å². The molecule has 0 aromatic carbocycles. The standard InChI is InChI=1S/C9H15N3O3/c1-9(10,5-2-3-5)8(14)11-6-4-15-12-7(6)13/h5-6H,2-4,10H2,1H3,(H,11,14)(H,12,13)/t6-,9?/m1/s1.